The van der Waals surface area contributed by atoms with Crippen molar-refractivity contribution in [2.24, 2.45) is 5.92 Å². The van der Waals surface area contributed by atoms with Crippen molar-refractivity contribution in [2.75, 3.05) is 6.79 Å². The van der Waals surface area contributed by atoms with Crippen molar-refractivity contribution in [3.05, 3.63) is 53.9 Å². The number of hydrogen-bond donors (Lipinski definition) is 2. The molecule has 1 saturated carbocycles. The number of fused-ring (bicyclic) bond motifs is 1. The molecule has 0 spiro atoms. The highest BCUT2D eigenvalue weighted by Crippen LogP contribution is 2.33. The fourth-order valence-electron chi connectivity index (χ4n) is 3.67. The number of pyridine rings is 1. The maximum Gasteiger partial charge on any atom is 0.231 e. The van der Waals surface area contributed by atoms with E-state index in [4.69, 9.17) is 9.47 Å². The fourth-order valence-corrected chi connectivity index (χ4v) is 3.67. The lowest BCUT2D eigenvalue weighted by Crippen LogP contribution is -2.48. The van der Waals surface area contributed by atoms with Crippen molar-refractivity contribution >= 4 is 5.91 Å². The Labute approximate surface area is 158 Å². The second-order valence-corrected chi connectivity index (χ2v) is 7.27. The summed E-state index contributed by atoms with van der Waals surface area (Å²) in [7, 11) is 0. The Kier molecular flexibility index (Phi) is 5.25. The molecule has 0 bridgehead atoms. The molecule has 4 rings (SSSR count). The number of benzene rings is 1. The van der Waals surface area contributed by atoms with Gasteiger partial charge in [0.2, 0.25) is 12.7 Å². The maximum atomic E-state index is 12.5. The van der Waals surface area contributed by atoms with Crippen LogP contribution < -0.4 is 14.8 Å². The van der Waals surface area contributed by atoms with Gasteiger partial charge in [0.15, 0.2) is 11.5 Å². The van der Waals surface area contributed by atoms with Crippen LogP contribution in [0.2, 0.25) is 0 Å². The summed E-state index contributed by atoms with van der Waals surface area (Å²) in [5.74, 6) is 1.82. The Bertz CT molecular complexity index is 790. The average Bonchev–Trinajstić information content (AvgIpc) is 3.12. The minimum atomic E-state index is -0.244. The Hall–Kier alpha value is -2.60. The van der Waals surface area contributed by atoms with E-state index in [1.165, 1.54) is 0 Å². The summed E-state index contributed by atoms with van der Waals surface area (Å²) < 4.78 is 10.7. The number of carbonyl (C=O) groups is 1. The third-order valence-corrected chi connectivity index (χ3v) is 5.30. The van der Waals surface area contributed by atoms with Gasteiger partial charge < -0.3 is 19.9 Å². The number of amides is 1. The molecule has 6 heteroatoms. The number of nitrogens with zero attached hydrogens (tertiary/aromatic N) is 1. The van der Waals surface area contributed by atoms with E-state index in [9.17, 15) is 9.90 Å². The van der Waals surface area contributed by atoms with Crippen LogP contribution in [0.3, 0.4) is 0 Å². The first-order chi connectivity index (χ1) is 13.2. The number of ether oxygens (including phenoxy) is 2. The Morgan fingerprint density at radius 2 is 2.07 bits per heavy atom. The van der Waals surface area contributed by atoms with E-state index in [0.717, 1.165) is 35.6 Å². The standard InChI is InChI=1S/C21H24N2O4/c24-17-10-15(11-17)18(12-16-3-1-2-8-22-16)23-21(25)7-5-14-4-6-19-20(9-14)27-13-26-19/h1-4,6,8-9,15,17-18,24H,5,7,10-13H2,(H,23,25). The van der Waals surface area contributed by atoms with Crippen LogP contribution in [0.15, 0.2) is 42.6 Å². The summed E-state index contributed by atoms with van der Waals surface area (Å²) in [6.45, 7) is 0.252. The molecule has 1 aliphatic heterocycles. The molecule has 1 aromatic heterocycles. The van der Waals surface area contributed by atoms with E-state index >= 15 is 0 Å². The third kappa shape index (κ3) is 4.39. The summed E-state index contributed by atoms with van der Waals surface area (Å²) >= 11 is 0. The molecule has 2 heterocycles. The molecule has 1 aliphatic carbocycles. The zero-order valence-corrected chi connectivity index (χ0v) is 15.1. The third-order valence-electron chi connectivity index (χ3n) is 5.30. The highest BCUT2D eigenvalue weighted by atomic mass is 16.7. The van der Waals surface area contributed by atoms with Crippen molar-refractivity contribution < 1.29 is 19.4 Å². The van der Waals surface area contributed by atoms with Crippen LogP contribution in [-0.2, 0) is 17.6 Å². The molecule has 1 unspecified atom stereocenters. The zero-order chi connectivity index (χ0) is 18.6. The zero-order valence-electron chi connectivity index (χ0n) is 15.1. The molecule has 2 N–H and O–H groups in total. The Morgan fingerprint density at radius 3 is 2.85 bits per heavy atom. The van der Waals surface area contributed by atoms with Crippen molar-refractivity contribution in [2.45, 2.75) is 44.2 Å². The number of hydrogen-bond acceptors (Lipinski definition) is 5. The van der Waals surface area contributed by atoms with Crippen LogP contribution in [0.25, 0.3) is 0 Å². The molecule has 1 fully saturated rings. The second-order valence-electron chi connectivity index (χ2n) is 7.27. The van der Waals surface area contributed by atoms with Crippen molar-refractivity contribution in [3.63, 3.8) is 0 Å². The minimum Gasteiger partial charge on any atom is -0.454 e. The molecule has 6 nitrogen and oxygen atoms in total. The summed E-state index contributed by atoms with van der Waals surface area (Å²) in [6, 6.07) is 11.6. The molecule has 142 valence electrons. The summed E-state index contributed by atoms with van der Waals surface area (Å²) in [6.07, 6.45) is 4.74. The molecule has 1 atom stereocenters. The largest absolute Gasteiger partial charge is 0.454 e. The Balaban J connectivity index is 1.33. The van der Waals surface area contributed by atoms with Gasteiger partial charge in [-0.25, -0.2) is 0 Å². The average molecular weight is 368 g/mol. The number of aryl methyl sites for hydroxylation is 1. The van der Waals surface area contributed by atoms with Gasteiger partial charge in [-0.15, -0.1) is 0 Å². The smallest absolute Gasteiger partial charge is 0.231 e. The molecule has 1 amide bonds. The van der Waals surface area contributed by atoms with Crippen LogP contribution in [0, 0.1) is 5.92 Å². The lowest BCUT2D eigenvalue weighted by Gasteiger charge is -2.38. The molecule has 2 aromatic rings. The molecule has 1 aromatic carbocycles. The minimum absolute atomic E-state index is 0.00699. The van der Waals surface area contributed by atoms with Gasteiger partial charge in [0.25, 0.3) is 0 Å². The maximum absolute atomic E-state index is 12.5. The van der Waals surface area contributed by atoms with Crippen LogP contribution in [-0.4, -0.2) is 34.9 Å². The quantitative estimate of drug-likeness (QED) is 0.783. The fraction of sp³-hybridized carbons (Fsp3) is 0.429. The normalized spacial score (nSPS) is 21.4. The van der Waals surface area contributed by atoms with Gasteiger partial charge in [-0.3, -0.25) is 9.78 Å². The highest BCUT2D eigenvalue weighted by molar-refractivity contribution is 5.76. The van der Waals surface area contributed by atoms with Crippen LogP contribution in [0.4, 0.5) is 0 Å². The Morgan fingerprint density at radius 1 is 1.22 bits per heavy atom. The SMILES string of the molecule is O=C(CCc1ccc2c(c1)OCO2)NC(Cc1ccccn1)C1CC(O)C1. The van der Waals surface area contributed by atoms with Gasteiger partial charge in [0.05, 0.1) is 6.10 Å². The number of aliphatic hydroxyl groups is 1. The number of aromatic nitrogens is 1. The predicted octanol–water partition coefficient (Wildman–Crippen LogP) is 2.24. The lowest BCUT2D eigenvalue weighted by atomic mass is 9.76. The first kappa shape index (κ1) is 17.8. The predicted molar refractivity (Wildman–Crippen MR) is 99.5 cm³/mol. The van der Waals surface area contributed by atoms with Crippen molar-refractivity contribution in [3.8, 4) is 11.5 Å². The monoisotopic (exact) mass is 368 g/mol. The molecule has 2 aliphatic rings. The van der Waals surface area contributed by atoms with E-state index in [0.29, 0.717) is 25.2 Å². The number of nitrogens with one attached hydrogen (secondary N) is 1. The van der Waals surface area contributed by atoms with E-state index in [1.807, 2.05) is 36.4 Å². The van der Waals surface area contributed by atoms with E-state index in [-0.39, 0.29) is 24.8 Å². The van der Waals surface area contributed by atoms with E-state index in [1.54, 1.807) is 6.20 Å². The van der Waals surface area contributed by atoms with Crippen LogP contribution in [0.1, 0.15) is 30.5 Å². The highest BCUT2D eigenvalue weighted by Gasteiger charge is 2.34. The first-order valence-corrected chi connectivity index (χ1v) is 9.43. The number of rotatable bonds is 7. The second kappa shape index (κ2) is 7.96. The number of carbonyl (C=O) groups excluding carboxylic acids is 1. The van der Waals surface area contributed by atoms with E-state index in [2.05, 4.69) is 10.3 Å². The van der Waals surface area contributed by atoms with Gasteiger partial charge in [0.1, 0.15) is 0 Å². The van der Waals surface area contributed by atoms with Gasteiger partial charge in [-0.2, -0.15) is 0 Å². The topological polar surface area (TPSA) is 80.7 Å². The van der Waals surface area contributed by atoms with E-state index < -0.39 is 0 Å². The molecular weight excluding hydrogens is 344 g/mol. The van der Waals surface area contributed by atoms with Gasteiger partial charge in [-0.1, -0.05) is 12.1 Å². The van der Waals surface area contributed by atoms with Crippen molar-refractivity contribution in [1.82, 2.24) is 10.3 Å². The van der Waals surface area contributed by atoms with Crippen molar-refractivity contribution in [1.29, 1.82) is 0 Å². The van der Waals surface area contributed by atoms with Crippen LogP contribution >= 0.6 is 0 Å². The summed E-state index contributed by atoms with van der Waals surface area (Å²) in [4.78, 5) is 16.9. The molecule has 27 heavy (non-hydrogen) atoms. The van der Waals surface area contributed by atoms with Gasteiger partial charge in [-0.05, 0) is 55.0 Å². The van der Waals surface area contributed by atoms with Gasteiger partial charge >= 0.3 is 0 Å². The van der Waals surface area contributed by atoms with Gasteiger partial charge in [0, 0.05) is 30.8 Å². The van der Waals surface area contributed by atoms with Crippen LogP contribution in [0.5, 0.6) is 11.5 Å². The molecular formula is C21H24N2O4. The molecule has 0 radical (unpaired) electrons. The first-order valence-electron chi connectivity index (χ1n) is 9.43. The summed E-state index contributed by atoms with van der Waals surface area (Å²) in [5.41, 5.74) is 2.01. The lowest BCUT2D eigenvalue weighted by molar-refractivity contribution is -0.122. The molecule has 0 saturated heterocycles. The summed E-state index contributed by atoms with van der Waals surface area (Å²) in [5, 5.41) is 12.8. The number of aliphatic hydroxyl groups excluding tert-OH is 1.